The first-order valence-corrected chi connectivity index (χ1v) is 4.56. The highest BCUT2D eigenvalue weighted by atomic mass is 16.1. The molecular weight excluding hydrogens is 172 g/mol. The van der Waals surface area contributed by atoms with Crippen molar-refractivity contribution in [3.8, 4) is 0 Å². The molecule has 0 heterocycles. The summed E-state index contributed by atoms with van der Waals surface area (Å²) in [6.07, 6.45) is 1.62. The maximum Gasteiger partial charge on any atom is 0.192 e. The maximum absolute atomic E-state index is 11.9. The van der Waals surface area contributed by atoms with E-state index in [1.165, 1.54) is 0 Å². The molecule has 0 amide bonds. The van der Waals surface area contributed by atoms with Gasteiger partial charge < -0.3 is 0 Å². The van der Waals surface area contributed by atoms with Crippen LogP contribution < -0.4 is 0 Å². The van der Waals surface area contributed by atoms with Gasteiger partial charge in [-0.15, -0.1) is 0 Å². The average Bonchev–Trinajstić information content (AvgIpc) is 2.19. The molecule has 0 saturated heterocycles. The van der Waals surface area contributed by atoms with Crippen molar-refractivity contribution in [3.05, 3.63) is 59.7 Å². The summed E-state index contributed by atoms with van der Waals surface area (Å²) in [4.78, 5) is 11.9. The summed E-state index contributed by atoms with van der Waals surface area (Å²) in [5.41, 5.74) is 2.40. The molecule has 1 rings (SSSR count). The second-order valence-corrected chi connectivity index (χ2v) is 3.31. The highest BCUT2D eigenvalue weighted by molar-refractivity contribution is 6.10. The van der Waals surface area contributed by atoms with E-state index in [0.29, 0.717) is 11.1 Å². The number of allylic oxidation sites excluding steroid dienone is 3. The Morgan fingerprint density at radius 3 is 2.21 bits per heavy atom. The fraction of sp³-hybridized carbons (Fsp3) is 0.154. The number of hydrogen-bond acceptors (Lipinski definition) is 1. The highest BCUT2D eigenvalue weighted by Crippen LogP contribution is 2.12. The number of benzene rings is 1. The largest absolute Gasteiger partial charge is 0.289 e. The minimum Gasteiger partial charge on any atom is -0.289 e. The van der Waals surface area contributed by atoms with Crippen LogP contribution in [0.4, 0.5) is 0 Å². The van der Waals surface area contributed by atoms with Gasteiger partial charge in [-0.1, -0.05) is 48.6 Å². The van der Waals surface area contributed by atoms with Gasteiger partial charge in [0.15, 0.2) is 5.78 Å². The van der Waals surface area contributed by atoms with E-state index in [1.54, 1.807) is 6.08 Å². The Labute approximate surface area is 84.8 Å². The summed E-state index contributed by atoms with van der Waals surface area (Å²) in [5, 5.41) is 0. The van der Waals surface area contributed by atoms with E-state index < -0.39 is 0 Å². The van der Waals surface area contributed by atoms with Crippen LogP contribution in [0.25, 0.3) is 0 Å². The Morgan fingerprint density at radius 1 is 1.21 bits per heavy atom. The van der Waals surface area contributed by atoms with E-state index in [0.717, 1.165) is 5.57 Å². The molecule has 0 atom stereocenters. The van der Waals surface area contributed by atoms with Crippen LogP contribution in [0.1, 0.15) is 24.2 Å². The summed E-state index contributed by atoms with van der Waals surface area (Å²) in [7, 11) is 0. The van der Waals surface area contributed by atoms with Gasteiger partial charge in [0.2, 0.25) is 0 Å². The van der Waals surface area contributed by atoms with Crippen molar-refractivity contribution in [2.75, 3.05) is 0 Å². The van der Waals surface area contributed by atoms with E-state index in [4.69, 9.17) is 0 Å². The molecular formula is C13H14O. The molecule has 0 aliphatic heterocycles. The quantitative estimate of drug-likeness (QED) is 0.401. The topological polar surface area (TPSA) is 17.1 Å². The van der Waals surface area contributed by atoms with Crippen LogP contribution in [-0.2, 0) is 0 Å². The third kappa shape index (κ3) is 2.19. The average molecular weight is 186 g/mol. The summed E-state index contributed by atoms with van der Waals surface area (Å²) < 4.78 is 0. The molecule has 1 aromatic rings. The van der Waals surface area contributed by atoms with Gasteiger partial charge >= 0.3 is 0 Å². The van der Waals surface area contributed by atoms with Crippen molar-refractivity contribution in [2.45, 2.75) is 13.8 Å². The van der Waals surface area contributed by atoms with E-state index in [1.807, 2.05) is 44.2 Å². The first kappa shape index (κ1) is 10.5. The molecule has 0 radical (unpaired) electrons. The van der Waals surface area contributed by atoms with Crippen molar-refractivity contribution >= 4 is 5.78 Å². The Hall–Kier alpha value is -1.63. The van der Waals surface area contributed by atoms with Crippen molar-refractivity contribution in [2.24, 2.45) is 0 Å². The van der Waals surface area contributed by atoms with Crippen LogP contribution in [0, 0.1) is 0 Å². The normalized spacial score (nSPS) is 9.29. The van der Waals surface area contributed by atoms with Crippen LogP contribution >= 0.6 is 0 Å². The monoisotopic (exact) mass is 186 g/mol. The second-order valence-electron chi connectivity index (χ2n) is 3.31. The predicted molar refractivity (Wildman–Crippen MR) is 59.3 cm³/mol. The molecule has 0 fully saturated rings. The molecule has 72 valence electrons. The van der Waals surface area contributed by atoms with Gasteiger partial charge in [0, 0.05) is 11.1 Å². The van der Waals surface area contributed by atoms with E-state index in [-0.39, 0.29) is 5.78 Å². The van der Waals surface area contributed by atoms with Gasteiger partial charge in [-0.2, -0.15) is 0 Å². The number of carbonyl (C=O) groups excluding carboxylic acids is 1. The Kier molecular flexibility index (Phi) is 3.41. The lowest BCUT2D eigenvalue weighted by Gasteiger charge is -2.03. The molecule has 0 unspecified atom stereocenters. The first-order chi connectivity index (χ1) is 6.66. The van der Waals surface area contributed by atoms with Crippen molar-refractivity contribution < 1.29 is 4.79 Å². The van der Waals surface area contributed by atoms with Gasteiger partial charge in [-0.3, -0.25) is 4.79 Å². The van der Waals surface area contributed by atoms with Gasteiger partial charge in [0.25, 0.3) is 0 Å². The minimum absolute atomic E-state index is 0.0422. The zero-order valence-corrected chi connectivity index (χ0v) is 8.58. The lowest BCUT2D eigenvalue weighted by atomic mass is 10.00. The Morgan fingerprint density at radius 2 is 1.79 bits per heavy atom. The molecule has 14 heavy (non-hydrogen) atoms. The fourth-order valence-electron chi connectivity index (χ4n) is 1.27. The van der Waals surface area contributed by atoms with Crippen LogP contribution in [0.5, 0.6) is 0 Å². The SMILES string of the molecule is C=CC(C(=O)c1ccccc1)=C(C)C. The molecule has 0 bridgehead atoms. The van der Waals surface area contributed by atoms with E-state index in [2.05, 4.69) is 6.58 Å². The summed E-state index contributed by atoms with van der Waals surface area (Å²) in [6, 6.07) is 9.24. The Bertz CT molecular complexity index is 367. The maximum atomic E-state index is 11.9. The third-order valence-electron chi connectivity index (χ3n) is 2.02. The second kappa shape index (κ2) is 4.56. The number of rotatable bonds is 3. The number of Topliss-reactive ketones (excluding diaryl/α,β-unsaturated/α-hetero) is 1. The zero-order valence-electron chi connectivity index (χ0n) is 8.58. The molecule has 0 N–H and O–H groups in total. The lowest BCUT2D eigenvalue weighted by molar-refractivity contribution is 0.103. The van der Waals surface area contributed by atoms with Gasteiger partial charge in [0.1, 0.15) is 0 Å². The predicted octanol–water partition coefficient (Wildman–Crippen LogP) is 3.39. The van der Waals surface area contributed by atoms with Gasteiger partial charge in [-0.25, -0.2) is 0 Å². The van der Waals surface area contributed by atoms with E-state index >= 15 is 0 Å². The summed E-state index contributed by atoms with van der Waals surface area (Å²) in [6.45, 7) is 7.48. The Balaban J connectivity index is 3.08. The van der Waals surface area contributed by atoms with Gasteiger partial charge in [-0.05, 0) is 13.8 Å². The van der Waals surface area contributed by atoms with Crippen LogP contribution in [0.3, 0.4) is 0 Å². The molecule has 0 saturated carbocycles. The van der Waals surface area contributed by atoms with Gasteiger partial charge in [0.05, 0.1) is 0 Å². The third-order valence-corrected chi connectivity index (χ3v) is 2.02. The molecule has 0 spiro atoms. The molecule has 0 aliphatic rings. The number of ketones is 1. The lowest BCUT2D eigenvalue weighted by Crippen LogP contribution is -2.02. The number of hydrogen-bond donors (Lipinski definition) is 0. The fourth-order valence-corrected chi connectivity index (χ4v) is 1.27. The van der Waals surface area contributed by atoms with Crippen LogP contribution in [-0.4, -0.2) is 5.78 Å². The minimum atomic E-state index is 0.0422. The number of carbonyl (C=O) groups is 1. The smallest absolute Gasteiger partial charge is 0.192 e. The molecule has 1 nitrogen and oxygen atoms in total. The standard InChI is InChI=1S/C13H14O/c1-4-12(10(2)3)13(14)11-8-6-5-7-9-11/h4-9H,1H2,2-3H3. The van der Waals surface area contributed by atoms with E-state index in [9.17, 15) is 4.79 Å². The zero-order chi connectivity index (χ0) is 10.6. The molecule has 0 aliphatic carbocycles. The van der Waals surface area contributed by atoms with Crippen molar-refractivity contribution in [3.63, 3.8) is 0 Å². The summed E-state index contributed by atoms with van der Waals surface area (Å²) in [5.74, 6) is 0.0422. The molecule has 1 aromatic carbocycles. The van der Waals surface area contributed by atoms with Crippen molar-refractivity contribution in [1.82, 2.24) is 0 Å². The summed E-state index contributed by atoms with van der Waals surface area (Å²) >= 11 is 0. The van der Waals surface area contributed by atoms with Crippen molar-refractivity contribution in [1.29, 1.82) is 0 Å². The van der Waals surface area contributed by atoms with Crippen LogP contribution in [0.2, 0.25) is 0 Å². The molecule has 1 heteroatoms. The van der Waals surface area contributed by atoms with Crippen LogP contribution in [0.15, 0.2) is 54.1 Å². The first-order valence-electron chi connectivity index (χ1n) is 4.56. The molecule has 0 aromatic heterocycles. The highest BCUT2D eigenvalue weighted by Gasteiger charge is 2.09.